The summed E-state index contributed by atoms with van der Waals surface area (Å²) in [5.41, 5.74) is 8.00. The van der Waals surface area contributed by atoms with Crippen molar-refractivity contribution in [1.29, 1.82) is 0 Å². The molecule has 2 aliphatic heterocycles. The first kappa shape index (κ1) is 28.3. The number of hydrogen-bond acceptors (Lipinski definition) is 7. The Morgan fingerprint density at radius 2 is 1.15 bits per heavy atom. The Hall–Kier alpha value is -7.45. The summed E-state index contributed by atoms with van der Waals surface area (Å²) in [5, 5.41) is 4.08. The van der Waals surface area contributed by atoms with Gasteiger partial charge in [-0.3, -0.25) is 9.47 Å². The second-order valence-electron chi connectivity index (χ2n) is 13.2. The zero-order valence-electron chi connectivity index (χ0n) is 27.9. The molecule has 0 saturated carbocycles. The van der Waals surface area contributed by atoms with Gasteiger partial charge in [0.05, 0.1) is 22.4 Å². The van der Waals surface area contributed by atoms with Crippen LogP contribution in [-0.4, -0.2) is 19.5 Å². The lowest BCUT2D eigenvalue weighted by molar-refractivity contribution is 0.446. The summed E-state index contributed by atoms with van der Waals surface area (Å²) >= 11 is 0. The van der Waals surface area contributed by atoms with Crippen LogP contribution in [0.4, 0.5) is 17.1 Å². The molecule has 0 radical (unpaired) electrons. The summed E-state index contributed by atoms with van der Waals surface area (Å²) in [6.07, 6.45) is 0. The van der Waals surface area contributed by atoms with E-state index in [-0.39, 0.29) is 0 Å². The predicted octanol–water partition coefficient (Wildman–Crippen LogP) is 11.9. The molecule has 0 spiro atoms. The van der Waals surface area contributed by atoms with E-state index in [9.17, 15) is 0 Å². The van der Waals surface area contributed by atoms with Gasteiger partial charge in [-0.15, -0.1) is 0 Å². The lowest BCUT2D eigenvalue weighted by Crippen LogP contribution is -2.20. The molecule has 0 fully saturated rings. The highest BCUT2D eigenvalue weighted by Gasteiger charge is 2.35. The summed E-state index contributed by atoms with van der Waals surface area (Å²) in [6, 6.07) is 50.9. The third-order valence-corrected chi connectivity index (χ3v) is 10.2. The first-order chi connectivity index (χ1) is 26.3. The maximum atomic E-state index is 6.70. The van der Waals surface area contributed by atoms with E-state index in [0.29, 0.717) is 17.6 Å². The molecule has 5 heterocycles. The fourth-order valence-electron chi connectivity index (χ4n) is 7.94. The van der Waals surface area contributed by atoms with Gasteiger partial charge >= 0.3 is 0 Å². The molecule has 53 heavy (non-hydrogen) atoms. The Kier molecular flexibility index (Phi) is 5.62. The molecule has 0 bridgehead atoms. The Labute approximate surface area is 301 Å². The van der Waals surface area contributed by atoms with Gasteiger partial charge in [-0.05, 0) is 48.5 Å². The zero-order chi connectivity index (χ0) is 34.6. The van der Waals surface area contributed by atoms with E-state index in [1.807, 2.05) is 103 Å². The third kappa shape index (κ3) is 4.03. The SMILES string of the molecule is c1ccc(-c2nc(-c3cccc4oc5ccccc5c34)nc(-n3c4ccccc4c4cc5c(cc43)Oc3cccc4c3N5c3ccccc3O4)n2)cc1. The van der Waals surface area contributed by atoms with E-state index < -0.39 is 0 Å². The Morgan fingerprint density at radius 3 is 2.06 bits per heavy atom. The van der Waals surface area contributed by atoms with Gasteiger partial charge in [0.25, 0.3) is 0 Å². The molecule has 248 valence electrons. The van der Waals surface area contributed by atoms with Crippen LogP contribution in [0.5, 0.6) is 23.0 Å². The molecule has 0 saturated heterocycles. The second-order valence-corrected chi connectivity index (χ2v) is 13.2. The fourth-order valence-corrected chi connectivity index (χ4v) is 7.94. The van der Waals surface area contributed by atoms with Crippen LogP contribution in [0.1, 0.15) is 0 Å². The number of aromatic nitrogens is 4. The maximum Gasteiger partial charge on any atom is 0.238 e. The van der Waals surface area contributed by atoms with E-state index in [2.05, 4.69) is 58.0 Å². The van der Waals surface area contributed by atoms with Gasteiger partial charge in [0.15, 0.2) is 34.6 Å². The highest BCUT2D eigenvalue weighted by molar-refractivity contribution is 6.13. The number of anilines is 3. The molecule has 0 aliphatic carbocycles. The third-order valence-electron chi connectivity index (χ3n) is 10.2. The van der Waals surface area contributed by atoms with Crippen molar-refractivity contribution >= 4 is 60.8 Å². The molecular weight excluding hydrogens is 659 g/mol. The molecule has 0 N–H and O–H groups in total. The van der Waals surface area contributed by atoms with Crippen molar-refractivity contribution in [2.45, 2.75) is 0 Å². The fraction of sp³-hybridized carbons (Fsp3) is 0. The summed E-state index contributed by atoms with van der Waals surface area (Å²) < 4.78 is 21.4. The van der Waals surface area contributed by atoms with Crippen molar-refractivity contribution in [3.63, 3.8) is 0 Å². The molecular formula is C45H25N5O3. The van der Waals surface area contributed by atoms with Crippen LogP contribution < -0.4 is 14.4 Å². The van der Waals surface area contributed by atoms with Gasteiger partial charge in [0, 0.05) is 38.7 Å². The first-order valence-electron chi connectivity index (χ1n) is 17.4. The average molecular weight is 684 g/mol. The highest BCUT2D eigenvalue weighted by atomic mass is 16.5. The van der Waals surface area contributed by atoms with Gasteiger partial charge in [0.1, 0.15) is 16.9 Å². The van der Waals surface area contributed by atoms with Crippen LogP contribution in [0.2, 0.25) is 0 Å². The summed E-state index contributed by atoms with van der Waals surface area (Å²) in [4.78, 5) is 17.8. The molecule has 7 aromatic carbocycles. The van der Waals surface area contributed by atoms with Crippen molar-refractivity contribution < 1.29 is 13.9 Å². The first-order valence-corrected chi connectivity index (χ1v) is 17.4. The summed E-state index contributed by atoms with van der Waals surface area (Å²) in [5.74, 6) is 4.61. The Morgan fingerprint density at radius 1 is 0.453 bits per heavy atom. The van der Waals surface area contributed by atoms with Gasteiger partial charge in [0.2, 0.25) is 5.95 Å². The smallest absolute Gasteiger partial charge is 0.238 e. The van der Waals surface area contributed by atoms with Crippen molar-refractivity contribution in [2.24, 2.45) is 0 Å². The lowest BCUT2D eigenvalue weighted by atomic mass is 10.1. The van der Waals surface area contributed by atoms with Crippen molar-refractivity contribution in [1.82, 2.24) is 19.5 Å². The number of para-hydroxylation sites is 5. The molecule has 12 rings (SSSR count). The zero-order valence-corrected chi connectivity index (χ0v) is 27.9. The standard InChI is InChI=1S/C45H25N5O3/c1-2-12-26(13-3-1)43-46-44(29-16-10-21-37-41(29)28-15-5-8-19-35(28)51-37)48-45(47-43)50-31-17-6-4-14-27(31)30-24-34-40(25-33(30)50)53-39-23-11-22-38-42(39)49(34)32-18-7-9-20-36(32)52-38/h1-25H. The predicted molar refractivity (Wildman–Crippen MR) is 207 cm³/mol. The van der Waals surface area contributed by atoms with E-state index in [1.165, 1.54) is 0 Å². The quantitative estimate of drug-likeness (QED) is 0.183. The number of hydrogen-bond donors (Lipinski definition) is 0. The molecule has 2 aliphatic rings. The van der Waals surface area contributed by atoms with Gasteiger partial charge in [-0.25, -0.2) is 4.98 Å². The normalized spacial score (nSPS) is 12.8. The molecule has 8 nitrogen and oxygen atoms in total. The van der Waals surface area contributed by atoms with E-state index >= 15 is 0 Å². The monoisotopic (exact) mass is 683 g/mol. The van der Waals surface area contributed by atoms with Crippen LogP contribution in [0.25, 0.3) is 72.5 Å². The van der Waals surface area contributed by atoms with Gasteiger partial charge in [-0.1, -0.05) is 97.1 Å². The lowest BCUT2D eigenvalue weighted by Gasteiger charge is -2.37. The minimum atomic E-state index is 0.500. The molecule has 3 aromatic heterocycles. The molecule has 0 atom stereocenters. The second kappa shape index (κ2) is 10.5. The van der Waals surface area contributed by atoms with Gasteiger partial charge in [-0.2, -0.15) is 9.97 Å². The Balaban J connectivity index is 1.14. The Bertz CT molecular complexity index is 3150. The van der Waals surface area contributed by atoms with Crippen LogP contribution >= 0.6 is 0 Å². The van der Waals surface area contributed by atoms with E-state index in [1.54, 1.807) is 0 Å². The van der Waals surface area contributed by atoms with Crippen molar-refractivity contribution in [2.75, 3.05) is 4.90 Å². The average Bonchev–Trinajstić information content (AvgIpc) is 3.75. The van der Waals surface area contributed by atoms with Crippen molar-refractivity contribution in [3.8, 4) is 51.7 Å². The van der Waals surface area contributed by atoms with Crippen molar-refractivity contribution in [3.05, 3.63) is 152 Å². The number of rotatable bonds is 3. The molecule has 10 aromatic rings. The maximum absolute atomic E-state index is 6.70. The van der Waals surface area contributed by atoms with E-state index in [4.69, 9.17) is 28.8 Å². The number of benzene rings is 7. The minimum absolute atomic E-state index is 0.500. The number of fused-ring (bicyclic) bond motifs is 10. The summed E-state index contributed by atoms with van der Waals surface area (Å²) in [7, 11) is 0. The number of furan rings is 1. The topological polar surface area (TPSA) is 78.4 Å². The number of ether oxygens (including phenoxy) is 2. The largest absolute Gasteiger partial charge is 0.456 e. The van der Waals surface area contributed by atoms with Crippen LogP contribution in [0.15, 0.2) is 156 Å². The molecule has 0 amide bonds. The summed E-state index contributed by atoms with van der Waals surface area (Å²) in [6.45, 7) is 0. The number of nitrogens with zero attached hydrogens (tertiary/aromatic N) is 5. The highest BCUT2D eigenvalue weighted by Crippen LogP contribution is 2.60. The van der Waals surface area contributed by atoms with Crippen LogP contribution in [0.3, 0.4) is 0 Å². The van der Waals surface area contributed by atoms with Gasteiger partial charge < -0.3 is 13.9 Å². The van der Waals surface area contributed by atoms with Crippen LogP contribution in [-0.2, 0) is 0 Å². The molecule has 8 heteroatoms. The van der Waals surface area contributed by atoms with Crippen LogP contribution in [0, 0.1) is 0 Å². The molecule has 0 unspecified atom stereocenters. The minimum Gasteiger partial charge on any atom is -0.456 e. The van der Waals surface area contributed by atoms with E-state index in [0.717, 1.165) is 94.9 Å².